The first-order chi connectivity index (χ1) is 17.3. The summed E-state index contributed by atoms with van der Waals surface area (Å²) in [4.78, 5) is 13.2. The molecule has 1 atom stereocenters. The fourth-order valence-corrected chi connectivity index (χ4v) is 6.92. The number of nitrogens with zero attached hydrogens (tertiary/aromatic N) is 1. The van der Waals surface area contributed by atoms with Gasteiger partial charge in [0.1, 0.15) is 16.1 Å². The highest BCUT2D eigenvalue weighted by Crippen LogP contribution is 2.41. The summed E-state index contributed by atoms with van der Waals surface area (Å²) in [7, 11) is -2.39. The summed E-state index contributed by atoms with van der Waals surface area (Å²) in [6, 6.07) is 10.9. The number of hydrogen-bond donors (Lipinski definition) is 2. The van der Waals surface area contributed by atoms with Crippen LogP contribution in [0, 0.1) is 0 Å². The molecule has 198 valence electrons. The third-order valence-electron chi connectivity index (χ3n) is 5.61. The van der Waals surface area contributed by atoms with E-state index >= 15 is 0 Å². The van der Waals surface area contributed by atoms with Crippen molar-refractivity contribution in [1.29, 1.82) is 0 Å². The molecular weight excluding hydrogens is 551 g/mol. The van der Waals surface area contributed by atoms with Gasteiger partial charge < -0.3 is 15.0 Å². The molecule has 1 aromatic heterocycles. The van der Waals surface area contributed by atoms with Crippen LogP contribution in [-0.2, 0) is 21.0 Å². The van der Waals surface area contributed by atoms with Crippen LogP contribution in [0.15, 0.2) is 52.7 Å². The predicted molar refractivity (Wildman–Crippen MR) is 138 cm³/mol. The van der Waals surface area contributed by atoms with E-state index in [0.29, 0.717) is 36.3 Å². The molecule has 2 N–H and O–H groups in total. The standard InChI is InChI=1S/C24H23ClF3N3O4S2/c1-14(32)29-16-5-3-15(4-6-16)19-12-22(25)36-23(19)37(33,34)30-17-7-8-20(24(26,27)28)21(11-17)35-18-9-10-31(2)13-18/h3-8,11-12,18,30H,9-10,13H2,1-2H3,(H,29,32)/t18-/m1/s1. The lowest BCUT2D eigenvalue weighted by atomic mass is 10.1. The van der Waals surface area contributed by atoms with Crippen LogP contribution in [-0.4, -0.2) is 45.5 Å². The summed E-state index contributed by atoms with van der Waals surface area (Å²) in [5.41, 5.74) is 0.314. The SMILES string of the molecule is CC(=O)Nc1ccc(-c2cc(Cl)sc2S(=O)(=O)Nc2ccc(C(F)(F)F)c(O[C@@H]3CCN(C)C3)c2)cc1. The number of alkyl halides is 3. The molecule has 7 nitrogen and oxygen atoms in total. The average Bonchev–Trinajstić information content (AvgIpc) is 3.38. The number of halogens is 4. The van der Waals surface area contributed by atoms with Crippen molar-refractivity contribution in [3.05, 3.63) is 58.4 Å². The van der Waals surface area contributed by atoms with E-state index in [2.05, 4.69) is 10.0 Å². The Morgan fingerprint density at radius 1 is 1.14 bits per heavy atom. The van der Waals surface area contributed by atoms with Gasteiger partial charge in [0.05, 0.1) is 15.6 Å². The Balaban J connectivity index is 1.64. The number of likely N-dealkylation sites (N-methyl/N-ethyl adjacent to an activating group) is 1. The van der Waals surface area contributed by atoms with Gasteiger partial charge in [-0.15, -0.1) is 11.3 Å². The van der Waals surface area contributed by atoms with Crippen LogP contribution in [0.25, 0.3) is 11.1 Å². The quantitative estimate of drug-likeness (QED) is 0.366. The Labute approximate surface area is 221 Å². The molecule has 1 saturated heterocycles. The number of likely N-dealkylation sites (tertiary alicyclic amines) is 1. The van der Waals surface area contributed by atoms with Gasteiger partial charge >= 0.3 is 6.18 Å². The molecule has 4 rings (SSSR count). The summed E-state index contributed by atoms with van der Waals surface area (Å²) in [6.07, 6.45) is -4.56. The molecule has 13 heteroatoms. The van der Waals surface area contributed by atoms with Crippen LogP contribution in [0.5, 0.6) is 5.75 Å². The molecule has 0 saturated carbocycles. The normalized spacial score (nSPS) is 16.5. The van der Waals surface area contributed by atoms with Gasteiger partial charge in [0.25, 0.3) is 10.0 Å². The molecule has 1 aliphatic heterocycles. The van der Waals surface area contributed by atoms with Crippen LogP contribution in [0.3, 0.4) is 0 Å². The van der Waals surface area contributed by atoms with Gasteiger partial charge in [0, 0.05) is 37.3 Å². The number of sulfonamides is 1. The van der Waals surface area contributed by atoms with Gasteiger partial charge in [0.15, 0.2) is 0 Å². The van der Waals surface area contributed by atoms with E-state index in [4.69, 9.17) is 16.3 Å². The van der Waals surface area contributed by atoms with Crippen molar-refractivity contribution in [2.75, 3.05) is 30.2 Å². The molecule has 1 amide bonds. The van der Waals surface area contributed by atoms with E-state index in [9.17, 15) is 26.4 Å². The van der Waals surface area contributed by atoms with Crippen LogP contribution in [0.4, 0.5) is 24.5 Å². The molecule has 1 fully saturated rings. The van der Waals surface area contributed by atoms with Crippen LogP contribution < -0.4 is 14.8 Å². The van der Waals surface area contributed by atoms with E-state index in [1.807, 2.05) is 11.9 Å². The van der Waals surface area contributed by atoms with Gasteiger partial charge in [-0.3, -0.25) is 9.52 Å². The van der Waals surface area contributed by atoms with Crippen molar-refractivity contribution in [2.24, 2.45) is 0 Å². The number of rotatable bonds is 7. The molecular formula is C24H23ClF3N3O4S2. The van der Waals surface area contributed by atoms with E-state index in [1.54, 1.807) is 24.3 Å². The minimum atomic E-state index is -4.67. The summed E-state index contributed by atoms with van der Waals surface area (Å²) in [5.74, 6) is -0.690. The zero-order valence-electron chi connectivity index (χ0n) is 19.7. The Bertz CT molecular complexity index is 1410. The predicted octanol–water partition coefficient (Wildman–Crippen LogP) is 5.93. The molecule has 0 spiro atoms. The lowest BCUT2D eigenvalue weighted by Gasteiger charge is -2.19. The number of nitrogens with one attached hydrogen (secondary N) is 2. The van der Waals surface area contributed by atoms with Crippen LogP contribution in [0.1, 0.15) is 18.9 Å². The summed E-state index contributed by atoms with van der Waals surface area (Å²) < 4.78 is 75.6. The maximum Gasteiger partial charge on any atom is 0.419 e. The Kier molecular flexibility index (Phi) is 7.75. The fourth-order valence-electron chi connectivity index (χ4n) is 3.97. The molecule has 0 aliphatic carbocycles. The molecule has 0 bridgehead atoms. The van der Waals surface area contributed by atoms with Gasteiger partial charge in [-0.05, 0) is 49.4 Å². The highest BCUT2D eigenvalue weighted by molar-refractivity contribution is 7.94. The second kappa shape index (κ2) is 10.5. The van der Waals surface area contributed by atoms with Gasteiger partial charge in [-0.1, -0.05) is 23.7 Å². The second-order valence-electron chi connectivity index (χ2n) is 8.62. The number of carbonyl (C=O) groups is 1. The van der Waals surface area contributed by atoms with Crippen LogP contribution in [0.2, 0.25) is 4.34 Å². The number of anilines is 2. The maximum absolute atomic E-state index is 13.6. The number of benzene rings is 2. The Morgan fingerprint density at radius 3 is 2.41 bits per heavy atom. The first kappa shape index (κ1) is 27.2. The summed E-state index contributed by atoms with van der Waals surface area (Å²) in [5, 5.41) is 2.63. The van der Waals surface area contributed by atoms with Gasteiger partial charge in [-0.25, -0.2) is 8.42 Å². The van der Waals surface area contributed by atoms with E-state index in [-0.39, 0.29) is 20.1 Å². The number of hydrogen-bond acceptors (Lipinski definition) is 6. The van der Waals surface area contributed by atoms with Crippen molar-refractivity contribution in [2.45, 2.75) is 29.8 Å². The maximum atomic E-state index is 13.6. The topological polar surface area (TPSA) is 87.7 Å². The number of amides is 1. The Hall–Kier alpha value is -2.80. The lowest BCUT2D eigenvalue weighted by Crippen LogP contribution is -2.23. The van der Waals surface area contributed by atoms with Crippen molar-refractivity contribution < 1.29 is 31.1 Å². The third kappa shape index (κ3) is 6.56. The lowest BCUT2D eigenvalue weighted by molar-refractivity contribution is -0.139. The molecule has 2 aromatic carbocycles. The van der Waals surface area contributed by atoms with Gasteiger partial charge in [0.2, 0.25) is 5.91 Å². The fraction of sp³-hybridized carbons (Fsp3) is 0.292. The molecule has 0 radical (unpaired) electrons. The second-order valence-corrected chi connectivity index (χ2v) is 12.2. The molecule has 1 aliphatic rings. The largest absolute Gasteiger partial charge is 0.488 e. The zero-order valence-corrected chi connectivity index (χ0v) is 22.1. The number of thiophene rings is 1. The number of ether oxygens (including phenoxy) is 1. The van der Waals surface area contributed by atoms with E-state index in [0.717, 1.165) is 29.5 Å². The van der Waals surface area contributed by atoms with Crippen molar-refractivity contribution in [3.63, 3.8) is 0 Å². The monoisotopic (exact) mass is 573 g/mol. The highest BCUT2D eigenvalue weighted by Gasteiger charge is 2.36. The highest BCUT2D eigenvalue weighted by atomic mass is 35.5. The first-order valence-electron chi connectivity index (χ1n) is 11.1. The molecule has 37 heavy (non-hydrogen) atoms. The van der Waals surface area contributed by atoms with E-state index in [1.165, 1.54) is 13.0 Å². The minimum absolute atomic E-state index is 0.0779. The zero-order chi connectivity index (χ0) is 27.0. The first-order valence-corrected chi connectivity index (χ1v) is 13.8. The molecule has 3 aromatic rings. The number of carbonyl (C=O) groups excluding carboxylic acids is 1. The summed E-state index contributed by atoms with van der Waals surface area (Å²) >= 11 is 6.96. The van der Waals surface area contributed by atoms with Crippen molar-refractivity contribution >= 4 is 50.2 Å². The van der Waals surface area contributed by atoms with Gasteiger partial charge in [-0.2, -0.15) is 13.2 Å². The molecule has 2 heterocycles. The molecule has 0 unspecified atom stereocenters. The van der Waals surface area contributed by atoms with E-state index < -0.39 is 33.6 Å². The summed E-state index contributed by atoms with van der Waals surface area (Å²) in [6.45, 7) is 2.52. The smallest absolute Gasteiger partial charge is 0.419 e. The third-order valence-corrected chi connectivity index (χ3v) is 8.79. The van der Waals surface area contributed by atoms with Crippen LogP contribution >= 0.6 is 22.9 Å². The minimum Gasteiger partial charge on any atom is -0.488 e. The Morgan fingerprint density at radius 2 is 1.81 bits per heavy atom. The average molecular weight is 574 g/mol. The van der Waals surface area contributed by atoms with Crippen molar-refractivity contribution in [1.82, 2.24) is 4.90 Å². The van der Waals surface area contributed by atoms with Crippen molar-refractivity contribution in [3.8, 4) is 16.9 Å².